The summed E-state index contributed by atoms with van der Waals surface area (Å²) in [7, 11) is 1.70. The molecule has 0 saturated carbocycles. The van der Waals surface area contributed by atoms with Gasteiger partial charge in [-0.15, -0.1) is 0 Å². The van der Waals surface area contributed by atoms with Crippen LogP contribution in [0.4, 0.5) is 5.82 Å². The van der Waals surface area contributed by atoms with E-state index < -0.39 is 5.91 Å². The number of pyridine rings is 1. The van der Waals surface area contributed by atoms with Crippen LogP contribution in [0.1, 0.15) is 37.7 Å². The molecule has 0 unspecified atom stereocenters. The molecule has 1 aromatic heterocycles. The quantitative estimate of drug-likeness (QED) is 0.774. The fourth-order valence-electron chi connectivity index (χ4n) is 1.59. The fraction of sp³-hybridized carbons (Fsp3) is 0.500. The van der Waals surface area contributed by atoms with E-state index in [9.17, 15) is 9.59 Å². The lowest BCUT2D eigenvalue weighted by Gasteiger charge is -2.20. The number of hydrogen-bond acceptors (Lipinski definition) is 4. The van der Waals surface area contributed by atoms with E-state index in [0.717, 1.165) is 0 Å². The summed E-state index contributed by atoms with van der Waals surface area (Å²) in [6.07, 6.45) is 0.201. The molecule has 6 nitrogen and oxygen atoms in total. The maximum Gasteiger partial charge on any atom is 0.271 e. The number of nitrogens with one attached hydrogen (secondary N) is 3. The number of rotatable bonds is 5. The molecule has 0 bridgehead atoms. The molecule has 1 aromatic rings. The van der Waals surface area contributed by atoms with Gasteiger partial charge >= 0.3 is 0 Å². The van der Waals surface area contributed by atoms with Crippen molar-refractivity contribution in [2.45, 2.75) is 32.7 Å². The summed E-state index contributed by atoms with van der Waals surface area (Å²) in [6.45, 7) is 5.92. The Morgan fingerprint density at radius 1 is 1.29 bits per heavy atom. The molecular formula is C14H21ClN4O2. The first kappa shape index (κ1) is 17.2. The van der Waals surface area contributed by atoms with Gasteiger partial charge in [0.1, 0.15) is 11.5 Å². The highest BCUT2D eigenvalue weighted by Gasteiger charge is 2.15. The van der Waals surface area contributed by atoms with Gasteiger partial charge in [0, 0.05) is 25.6 Å². The minimum absolute atomic E-state index is 0.120. The van der Waals surface area contributed by atoms with E-state index in [2.05, 4.69) is 20.9 Å². The van der Waals surface area contributed by atoms with Crippen molar-refractivity contribution in [3.63, 3.8) is 0 Å². The normalized spacial score (nSPS) is 10.9. The Morgan fingerprint density at radius 2 is 1.95 bits per heavy atom. The van der Waals surface area contributed by atoms with E-state index in [1.165, 1.54) is 0 Å². The van der Waals surface area contributed by atoms with Crippen molar-refractivity contribution in [1.82, 2.24) is 15.6 Å². The third-order valence-electron chi connectivity index (χ3n) is 2.47. The van der Waals surface area contributed by atoms with Crippen molar-refractivity contribution in [2.24, 2.45) is 0 Å². The van der Waals surface area contributed by atoms with Crippen LogP contribution in [-0.2, 0) is 4.79 Å². The molecule has 3 N–H and O–H groups in total. The Hall–Kier alpha value is -1.82. The minimum Gasteiger partial charge on any atom is -0.373 e. The summed E-state index contributed by atoms with van der Waals surface area (Å²) >= 11 is 5.95. The zero-order valence-electron chi connectivity index (χ0n) is 12.7. The Kier molecular flexibility index (Phi) is 5.96. The minimum atomic E-state index is -0.402. The van der Waals surface area contributed by atoms with E-state index in [0.29, 0.717) is 5.82 Å². The molecule has 0 aliphatic rings. The second-order valence-electron chi connectivity index (χ2n) is 5.58. The third-order valence-corrected chi connectivity index (χ3v) is 2.77. The first-order valence-corrected chi connectivity index (χ1v) is 7.04. The predicted octanol–water partition coefficient (Wildman–Crippen LogP) is 1.81. The van der Waals surface area contributed by atoms with Crippen LogP contribution in [0.15, 0.2) is 12.1 Å². The molecule has 0 spiro atoms. The van der Waals surface area contributed by atoms with Crippen LogP contribution in [0.3, 0.4) is 0 Å². The zero-order valence-corrected chi connectivity index (χ0v) is 13.5. The van der Waals surface area contributed by atoms with Crippen LogP contribution < -0.4 is 16.0 Å². The van der Waals surface area contributed by atoms with E-state index in [4.69, 9.17) is 11.6 Å². The van der Waals surface area contributed by atoms with Crippen LogP contribution in [0, 0.1) is 0 Å². The summed E-state index contributed by atoms with van der Waals surface area (Å²) in [4.78, 5) is 27.7. The first-order chi connectivity index (χ1) is 9.73. The second kappa shape index (κ2) is 7.26. The summed E-state index contributed by atoms with van der Waals surface area (Å²) in [5.74, 6) is 0.0292. The maximum absolute atomic E-state index is 12.0. The lowest BCUT2D eigenvalue weighted by molar-refractivity contribution is -0.122. The van der Waals surface area contributed by atoms with Gasteiger partial charge in [0.2, 0.25) is 5.91 Å². The average Bonchev–Trinajstić information content (AvgIpc) is 2.37. The van der Waals surface area contributed by atoms with Gasteiger partial charge in [-0.25, -0.2) is 4.98 Å². The molecular weight excluding hydrogens is 292 g/mol. The highest BCUT2D eigenvalue weighted by atomic mass is 35.5. The van der Waals surface area contributed by atoms with Gasteiger partial charge < -0.3 is 16.0 Å². The molecule has 7 heteroatoms. The largest absolute Gasteiger partial charge is 0.373 e. The topological polar surface area (TPSA) is 83.1 Å². The highest BCUT2D eigenvalue weighted by Crippen LogP contribution is 2.16. The lowest BCUT2D eigenvalue weighted by Crippen LogP contribution is -2.42. The molecule has 0 aliphatic heterocycles. The molecule has 21 heavy (non-hydrogen) atoms. The molecule has 0 radical (unpaired) electrons. The summed E-state index contributed by atoms with van der Waals surface area (Å²) in [6, 6.07) is 3.28. The van der Waals surface area contributed by atoms with E-state index in [-0.39, 0.29) is 35.1 Å². The maximum atomic E-state index is 12.0. The highest BCUT2D eigenvalue weighted by molar-refractivity contribution is 6.33. The number of nitrogens with zero attached hydrogens (tertiary/aromatic N) is 1. The molecule has 116 valence electrons. The van der Waals surface area contributed by atoms with Gasteiger partial charge in [-0.05, 0) is 32.9 Å². The van der Waals surface area contributed by atoms with Crippen molar-refractivity contribution in [1.29, 1.82) is 0 Å². The Morgan fingerprint density at radius 3 is 2.52 bits per heavy atom. The standard InChI is InChI=1S/C14H21ClN4O2/c1-14(2,3)19-11(20)7-8-17-13(21)12-9(15)5-6-10(16-4)18-12/h5-6H,7-8H2,1-4H3,(H,16,18)(H,17,21)(H,19,20). The van der Waals surface area contributed by atoms with Crippen LogP contribution in [0.2, 0.25) is 5.02 Å². The van der Waals surface area contributed by atoms with Crippen LogP contribution in [-0.4, -0.2) is 35.9 Å². The Labute approximate surface area is 129 Å². The Bertz CT molecular complexity index is 526. The van der Waals surface area contributed by atoms with E-state index in [1.807, 2.05) is 20.8 Å². The predicted molar refractivity (Wildman–Crippen MR) is 83.6 cm³/mol. The summed E-state index contributed by atoms with van der Waals surface area (Å²) in [5.41, 5.74) is -0.146. The summed E-state index contributed by atoms with van der Waals surface area (Å²) in [5, 5.41) is 8.56. The number of carbonyl (C=O) groups is 2. The number of anilines is 1. The lowest BCUT2D eigenvalue weighted by atomic mass is 10.1. The molecule has 0 fully saturated rings. The van der Waals surface area contributed by atoms with Crippen LogP contribution in [0.5, 0.6) is 0 Å². The number of aromatic nitrogens is 1. The van der Waals surface area contributed by atoms with Gasteiger partial charge in [0.05, 0.1) is 5.02 Å². The van der Waals surface area contributed by atoms with E-state index >= 15 is 0 Å². The first-order valence-electron chi connectivity index (χ1n) is 6.66. The van der Waals surface area contributed by atoms with Crippen LogP contribution in [0.25, 0.3) is 0 Å². The van der Waals surface area contributed by atoms with Gasteiger partial charge in [-0.3, -0.25) is 9.59 Å². The zero-order chi connectivity index (χ0) is 16.0. The van der Waals surface area contributed by atoms with Crippen molar-refractivity contribution in [3.8, 4) is 0 Å². The van der Waals surface area contributed by atoms with Gasteiger partial charge in [-0.1, -0.05) is 11.6 Å². The van der Waals surface area contributed by atoms with Crippen LogP contribution >= 0.6 is 11.6 Å². The van der Waals surface area contributed by atoms with Gasteiger partial charge in [0.25, 0.3) is 5.91 Å². The molecule has 1 heterocycles. The molecule has 0 aromatic carbocycles. The number of carbonyl (C=O) groups excluding carboxylic acids is 2. The monoisotopic (exact) mass is 312 g/mol. The van der Waals surface area contributed by atoms with Crippen molar-refractivity contribution >= 4 is 29.2 Å². The van der Waals surface area contributed by atoms with Gasteiger partial charge in [0.15, 0.2) is 0 Å². The number of hydrogen-bond donors (Lipinski definition) is 3. The molecule has 0 atom stereocenters. The second-order valence-corrected chi connectivity index (χ2v) is 5.99. The third kappa shape index (κ3) is 5.99. The molecule has 0 aliphatic carbocycles. The number of halogens is 1. The average molecular weight is 313 g/mol. The SMILES string of the molecule is CNc1ccc(Cl)c(C(=O)NCCC(=O)NC(C)(C)C)n1. The van der Waals surface area contributed by atoms with Crippen molar-refractivity contribution in [2.75, 3.05) is 18.9 Å². The van der Waals surface area contributed by atoms with E-state index in [1.54, 1.807) is 19.2 Å². The smallest absolute Gasteiger partial charge is 0.271 e. The molecule has 0 saturated heterocycles. The summed E-state index contributed by atoms with van der Waals surface area (Å²) < 4.78 is 0. The number of amides is 2. The Balaban J connectivity index is 2.53. The molecule has 1 rings (SSSR count). The van der Waals surface area contributed by atoms with Crippen molar-refractivity contribution < 1.29 is 9.59 Å². The fourth-order valence-corrected chi connectivity index (χ4v) is 1.79. The molecule has 2 amide bonds. The van der Waals surface area contributed by atoms with Gasteiger partial charge in [-0.2, -0.15) is 0 Å². The van der Waals surface area contributed by atoms with Crippen molar-refractivity contribution in [3.05, 3.63) is 22.8 Å².